The smallest absolute Gasteiger partial charge is 0.142 e. The third-order valence-electron chi connectivity index (χ3n) is 12.8. The molecule has 0 aliphatic carbocycles. The van der Waals surface area contributed by atoms with Gasteiger partial charge in [0.05, 0.1) is 33.2 Å². The van der Waals surface area contributed by atoms with E-state index in [1.54, 1.807) is 0 Å². The average molecular weight is 769 g/mol. The Balaban J connectivity index is 1.14. The van der Waals surface area contributed by atoms with Crippen molar-refractivity contribution in [3.05, 3.63) is 251 Å². The van der Waals surface area contributed by atoms with Crippen molar-refractivity contribution in [1.29, 1.82) is 0 Å². The second-order valence-electron chi connectivity index (χ2n) is 16.1. The second kappa shape index (κ2) is 13.5. The van der Waals surface area contributed by atoms with Gasteiger partial charge < -0.3 is 14.2 Å². The first-order valence-electron chi connectivity index (χ1n) is 20.8. The Labute approximate surface area is 350 Å². The molecule has 284 valence electrons. The van der Waals surface area contributed by atoms with Crippen LogP contribution in [0.3, 0.4) is 0 Å². The number of aryl methyl sites for hydroxylation is 1. The Morgan fingerprint density at radius 3 is 1.87 bits per heavy atom. The number of aromatic nitrogens is 1. The lowest BCUT2D eigenvalue weighted by Gasteiger charge is -2.48. The van der Waals surface area contributed by atoms with Crippen LogP contribution in [0.2, 0.25) is 0 Å². The summed E-state index contributed by atoms with van der Waals surface area (Å²) in [5.74, 6) is 1.78. The first-order valence-corrected chi connectivity index (χ1v) is 20.8. The first kappa shape index (κ1) is 34.4. The number of nitrogens with zero attached hydrogens (tertiary/aromatic N) is 2. The lowest BCUT2D eigenvalue weighted by Crippen LogP contribution is -2.39. The molecule has 12 rings (SSSR count). The van der Waals surface area contributed by atoms with Crippen LogP contribution in [0, 0.1) is 6.92 Å². The van der Waals surface area contributed by atoms with Gasteiger partial charge in [0.25, 0.3) is 0 Å². The lowest BCUT2D eigenvalue weighted by atomic mass is 9.61. The van der Waals surface area contributed by atoms with Crippen LogP contribution in [0.25, 0.3) is 38.6 Å². The van der Waals surface area contributed by atoms with Crippen molar-refractivity contribution >= 4 is 38.9 Å². The van der Waals surface area contributed by atoms with Gasteiger partial charge in [0.15, 0.2) is 0 Å². The van der Waals surface area contributed by atoms with Gasteiger partial charge >= 0.3 is 0 Å². The van der Waals surface area contributed by atoms with Crippen molar-refractivity contribution in [1.82, 2.24) is 4.57 Å². The third-order valence-corrected chi connectivity index (χ3v) is 12.8. The Hall–Kier alpha value is -7.62. The van der Waals surface area contributed by atoms with E-state index in [2.05, 4.69) is 229 Å². The molecule has 3 heterocycles. The molecule has 3 heteroatoms. The van der Waals surface area contributed by atoms with E-state index in [1.807, 2.05) is 0 Å². The normalized spacial score (nSPS) is 13.4. The van der Waals surface area contributed by atoms with Crippen molar-refractivity contribution in [2.45, 2.75) is 18.8 Å². The van der Waals surface area contributed by atoms with E-state index in [4.69, 9.17) is 4.74 Å². The standard InChI is InChI=1S/C57H40N2O/c1-38-18-8-9-23-43(38)45-37-42(33-32-40(45)36-39-19-4-2-5-20-39)59-50-28-14-10-24-44(50)55-53(59)35-34-49-56(55)60-54-31-17-13-27-48(54)57(49)46-25-11-15-29-51(46)58(41-21-6-3-7-22-41)52-30-16-12-26-47(52)57/h2-35,37H,36H2,1H3. The van der Waals surface area contributed by atoms with Gasteiger partial charge in [-0.3, -0.25) is 0 Å². The molecule has 1 aromatic heterocycles. The van der Waals surface area contributed by atoms with Crippen LogP contribution in [-0.2, 0) is 11.8 Å². The van der Waals surface area contributed by atoms with Gasteiger partial charge in [-0.15, -0.1) is 0 Å². The van der Waals surface area contributed by atoms with Crippen molar-refractivity contribution in [3.63, 3.8) is 0 Å². The molecule has 2 aliphatic rings. The summed E-state index contributed by atoms with van der Waals surface area (Å²) in [6.07, 6.45) is 0.853. The molecule has 0 atom stereocenters. The molecule has 0 unspecified atom stereocenters. The van der Waals surface area contributed by atoms with Crippen LogP contribution in [-0.4, -0.2) is 4.57 Å². The Morgan fingerprint density at radius 2 is 1.10 bits per heavy atom. The molecule has 10 aromatic rings. The van der Waals surface area contributed by atoms with E-state index in [0.717, 1.165) is 73.6 Å². The molecule has 1 spiro atoms. The molecular formula is C57H40N2O. The van der Waals surface area contributed by atoms with Gasteiger partial charge in [-0.25, -0.2) is 0 Å². The fourth-order valence-electron chi connectivity index (χ4n) is 10.3. The van der Waals surface area contributed by atoms with Gasteiger partial charge in [-0.05, 0) is 107 Å². The number of rotatable bonds is 5. The molecule has 60 heavy (non-hydrogen) atoms. The minimum absolute atomic E-state index is 0.656. The first-order chi connectivity index (χ1) is 29.7. The fraction of sp³-hybridized carbons (Fsp3) is 0.0526. The maximum Gasteiger partial charge on any atom is 0.142 e. The zero-order valence-electron chi connectivity index (χ0n) is 33.2. The van der Waals surface area contributed by atoms with Crippen LogP contribution < -0.4 is 9.64 Å². The molecule has 0 N–H and O–H groups in total. The zero-order valence-corrected chi connectivity index (χ0v) is 33.2. The highest BCUT2D eigenvalue weighted by Crippen LogP contribution is 2.64. The van der Waals surface area contributed by atoms with Crippen molar-refractivity contribution in [2.24, 2.45) is 0 Å². The summed E-state index contributed by atoms with van der Waals surface area (Å²) in [5.41, 5.74) is 17.3. The fourth-order valence-corrected chi connectivity index (χ4v) is 10.3. The van der Waals surface area contributed by atoms with Crippen molar-refractivity contribution in [2.75, 3.05) is 4.90 Å². The highest BCUT2D eigenvalue weighted by molar-refractivity contribution is 6.14. The number of anilines is 3. The largest absolute Gasteiger partial charge is 0.456 e. The Kier molecular flexibility index (Phi) is 7.73. The average Bonchev–Trinajstić information content (AvgIpc) is 3.65. The molecule has 0 saturated carbocycles. The summed E-state index contributed by atoms with van der Waals surface area (Å²) >= 11 is 0. The monoisotopic (exact) mass is 768 g/mol. The summed E-state index contributed by atoms with van der Waals surface area (Å²) in [6, 6.07) is 77.4. The lowest BCUT2D eigenvalue weighted by molar-refractivity contribution is 0.439. The summed E-state index contributed by atoms with van der Waals surface area (Å²) < 4.78 is 9.72. The number of hydrogen-bond donors (Lipinski definition) is 0. The summed E-state index contributed by atoms with van der Waals surface area (Å²) in [4.78, 5) is 2.42. The third kappa shape index (κ3) is 4.96. The number of fused-ring (bicyclic) bond motifs is 12. The number of para-hydroxylation sites is 5. The van der Waals surface area contributed by atoms with Crippen LogP contribution >= 0.6 is 0 Å². The Morgan fingerprint density at radius 1 is 0.467 bits per heavy atom. The van der Waals surface area contributed by atoms with E-state index in [-0.39, 0.29) is 0 Å². The second-order valence-corrected chi connectivity index (χ2v) is 16.1. The van der Waals surface area contributed by atoms with Gasteiger partial charge in [0, 0.05) is 27.9 Å². The molecular weight excluding hydrogens is 729 g/mol. The zero-order chi connectivity index (χ0) is 39.8. The van der Waals surface area contributed by atoms with Crippen molar-refractivity contribution in [3.8, 4) is 28.3 Å². The topological polar surface area (TPSA) is 17.4 Å². The molecule has 0 saturated heterocycles. The van der Waals surface area contributed by atoms with Crippen LogP contribution in [0.4, 0.5) is 17.1 Å². The maximum absolute atomic E-state index is 7.28. The quantitative estimate of drug-likeness (QED) is 0.173. The van der Waals surface area contributed by atoms with E-state index in [0.29, 0.717) is 0 Å². The SMILES string of the molecule is Cc1ccccc1-c1cc(-n2c3ccccc3c3c4c(ccc32)C2(c3ccccc3O4)c3ccccc3N(c3ccccc3)c3ccccc32)ccc1Cc1ccccc1. The summed E-state index contributed by atoms with van der Waals surface area (Å²) in [7, 11) is 0. The number of ether oxygens (including phenoxy) is 1. The van der Waals surface area contributed by atoms with Crippen LogP contribution in [0.5, 0.6) is 11.5 Å². The molecule has 0 amide bonds. The summed E-state index contributed by atoms with van der Waals surface area (Å²) in [5, 5.41) is 2.27. The van der Waals surface area contributed by atoms with E-state index < -0.39 is 5.41 Å². The molecule has 2 aliphatic heterocycles. The number of benzene rings is 9. The van der Waals surface area contributed by atoms with Crippen LogP contribution in [0.15, 0.2) is 212 Å². The number of hydrogen-bond acceptors (Lipinski definition) is 2. The molecule has 0 radical (unpaired) electrons. The molecule has 3 nitrogen and oxygen atoms in total. The Bertz CT molecular complexity index is 3240. The van der Waals surface area contributed by atoms with E-state index in [9.17, 15) is 0 Å². The van der Waals surface area contributed by atoms with Gasteiger partial charge in [-0.1, -0.05) is 158 Å². The van der Waals surface area contributed by atoms with Gasteiger partial charge in [0.2, 0.25) is 0 Å². The highest BCUT2D eigenvalue weighted by Gasteiger charge is 2.51. The van der Waals surface area contributed by atoms with E-state index in [1.165, 1.54) is 38.9 Å². The van der Waals surface area contributed by atoms with Gasteiger partial charge in [0.1, 0.15) is 11.5 Å². The predicted molar refractivity (Wildman–Crippen MR) is 247 cm³/mol. The molecule has 0 bridgehead atoms. The van der Waals surface area contributed by atoms with Gasteiger partial charge in [-0.2, -0.15) is 0 Å². The predicted octanol–water partition coefficient (Wildman–Crippen LogP) is 14.6. The summed E-state index contributed by atoms with van der Waals surface area (Å²) in [6.45, 7) is 2.21. The minimum Gasteiger partial charge on any atom is -0.456 e. The molecule has 0 fully saturated rings. The molecule has 9 aromatic carbocycles. The van der Waals surface area contributed by atoms with E-state index >= 15 is 0 Å². The maximum atomic E-state index is 7.28. The highest BCUT2D eigenvalue weighted by atomic mass is 16.5. The van der Waals surface area contributed by atoms with Crippen LogP contribution in [0.1, 0.15) is 38.9 Å². The van der Waals surface area contributed by atoms with Crippen molar-refractivity contribution < 1.29 is 4.74 Å². The minimum atomic E-state index is -0.656.